The molecule has 3 unspecified atom stereocenters. The highest BCUT2D eigenvalue weighted by Crippen LogP contribution is 2.66. The van der Waals surface area contributed by atoms with E-state index in [-0.39, 0.29) is 0 Å². The lowest BCUT2D eigenvalue weighted by Crippen LogP contribution is -2.52. The average molecular weight is 298 g/mol. The number of allylic oxidation sites excluding steroid dienone is 1. The molecule has 4 aliphatic carbocycles. The van der Waals surface area contributed by atoms with Crippen LogP contribution in [0.3, 0.4) is 0 Å². The summed E-state index contributed by atoms with van der Waals surface area (Å²) in [4.78, 5) is 11.9. The van der Waals surface area contributed by atoms with E-state index in [2.05, 4.69) is 26.2 Å². The van der Waals surface area contributed by atoms with E-state index in [9.17, 15) is 4.79 Å². The van der Waals surface area contributed by atoms with E-state index in [1.807, 2.05) is 0 Å². The predicted molar refractivity (Wildman–Crippen MR) is 89.4 cm³/mol. The molecule has 0 aromatic carbocycles. The lowest BCUT2D eigenvalue weighted by molar-refractivity contribution is -0.136. The smallest absolute Gasteiger partial charge is 0.133 e. The van der Waals surface area contributed by atoms with Gasteiger partial charge < -0.3 is 0 Å². The van der Waals surface area contributed by atoms with E-state index in [1.54, 1.807) is 0 Å². The van der Waals surface area contributed by atoms with Crippen LogP contribution in [0.25, 0.3) is 0 Å². The Bertz CT molecular complexity index is 554. The van der Waals surface area contributed by atoms with Crippen molar-refractivity contribution in [3.63, 3.8) is 0 Å². The third-order valence-corrected chi connectivity index (χ3v) is 8.48. The van der Waals surface area contributed by atoms with Crippen LogP contribution in [0.4, 0.5) is 0 Å². The SMILES string of the molecule is C=C=C1CCC2C3CC[C@@H]4CC(=O)CC[C@]4(C)C3CC[C@]12C. The van der Waals surface area contributed by atoms with Crippen molar-refractivity contribution in [3.8, 4) is 0 Å². The second kappa shape index (κ2) is 4.84. The van der Waals surface area contributed by atoms with Crippen molar-refractivity contribution in [3.05, 3.63) is 17.9 Å². The summed E-state index contributed by atoms with van der Waals surface area (Å²) in [5.41, 5.74) is 5.64. The first kappa shape index (κ1) is 14.8. The maximum absolute atomic E-state index is 11.9. The standard InChI is InChI=1S/C21H30O/c1-4-14-6-8-18-17-7-5-15-13-16(22)9-11-21(15,3)19(17)10-12-20(14,18)2/h15,17-19H,1,5-13H2,2-3H3/t15-,17?,18?,19?,20-,21+/m1/s1. The summed E-state index contributed by atoms with van der Waals surface area (Å²) in [6.45, 7) is 8.99. The van der Waals surface area contributed by atoms with Crippen molar-refractivity contribution < 1.29 is 4.79 Å². The molecular formula is C21H30O. The van der Waals surface area contributed by atoms with Crippen LogP contribution in [0.1, 0.15) is 71.6 Å². The van der Waals surface area contributed by atoms with Crippen LogP contribution >= 0.6 is 0 Å². The predicted octanol–water partition coefficient (Wildman–Crippen LogP) is 5.31. The van der Waals surface area contributed by atoms with Crippen molar-refractivity contribution in [1.29, 1.82) is 0 Å². The Morgan fingerprint density at radius 2 is 1.86 bits per heavy atom. The number of carbonyl (C=O) groups is 1. The molecule has 1 nitrogen and oxygen atoms in total. The monoisotopic (exact) mass is 298 g/mol. The van der Waals surface area contributed by atoms with Crippen LogP contribution in [-0.2, 0) is 4.79 Å². The Labute approximate surface area is 135 Å². The number of rotatable bonds is 0. The molecule has 0 N–H and O–H groups in total. The largest absolute Gasteiger partial charge is 0.300 e. The molecule has 4 fully saturated rings. The first-order valence-corrected chi connectivity index (χ1v) is 9.40. The molecule has 0 amide bonds. The van der Waals surface area contributed by atoms with Crippen LogP contribution in [0.15, 0.2) is 17.9 Å². The number of carbonyl (C=O) groups excluding carboxylic acids is 1. The van der Waals surface area contributed by atoms with Crippen LogP contribution in [0.2, 0.25) is 0 Å². The summed E-state index contributed by atoms with van der Waals surface area (Å²) in [6.07, 6.45) is 10.8. The fraction of sp³-hybridized carbons (Fsp3) is 0.810. The second-order valence-electron chi connectivity index (χ2n) is 9.05. The van der Waals surface area contributed by atoms with E-state index in [4.69, 9.17) is 0 Å². The minimum absolute atomic E-state index is 0.386. The van der Waals surface area contributed by atoms with Gasteiger partial charge in [0.15, 0.2) is 0 Å². The van der Waals surface area contributed by atoms with Crippen LogP contribution in [-0.4, -0.2) is 5.78 Å². The molecule has 22 heavy (non-hydrogen) atoms. The minimum Gasteiger partial charge on any atom is -0.300 e. The van der Waals surface area contributed by atoms with E-state index in [0.717, 1.165) is 37.0 Å². The molecule has 0 aromatic rings. The highest BCUT2D eigenvalue weighted by molar-refractivity contribution is 5.79. The molecule has 6 atom stereocenters. The number of hydrogen-bond acceptors (Lipinski definition) is 1. The van der Waals surface area contributed by atoms with E-state index in [1.165, 1.54) is 44.1 Å². The Kier molecular flexibility index (Phi) is 3.25. The molecule has 4 saturated carbocycles. The Morgan fingerprint density at radius 3 is 2.64 bits per heavy atom. The Balaban J connectivity index is 1.66. The zero-order valence-electron chi connectivity index (χ0n) is 14.3. The maximum Gasteiger partial charge on any atom is 0.133 e. The normalized spacial score (nSPS) is 50.8. The van der Waals surface area contributed by atoms with Gasteiger partial charge in [0, 0.05) is 12.8 Å². The first-order valence-electron chi connectivity index (χ1n) is 9.40. The number of fused-ring (bicyclic) bond motifs is 5. The molecule has 0 spiro atoms. The number of hydrogen-bond donors (Lipinski definition) is 0. The molecule has 0 bridgehead atoms. The molecular weight excluding hydrogens is 268 g/mol. The Morgan fingerprint density at radius 1 is 1.05 bits per heavy atom. The molecule has 4 rings (SSSR count). The third-order valence-electron chi connectivity index (χ3n) is 8.48. The molecule has 4 aliphatic rings. The van der Waals surface area contributed by atoms with Crippen molar-refractivity contribution >= 4 is 5.78 Å². The van der Waals surface area contributed by atoms with Gasteiger partial charge in [-0.15, -0.1) is 5.73 Å². The molecule has 0 aromatic heterocycles. The van der Waals surface area contributed by atoms with Gasteiger partial charge in [-0.25, -0.2) is 0 Å². The lowest BCUT2D eigenvalue weighted by atomic mass is 9.45. The molecule has 0 saturated heterocycles. The summed E-state index contributed by atoms with van der Waals surface area (Å²) in [7, 11) is 0. The van der Waals surface area contributed by atoms with Crippen molar-refractivity contribution in [1.82, 2.24) is 0 Å². The maximum atomic E-state index is 11.9. The molecule has 0 heterocycles. The highest BCUT2D eigenvalue weighted by atomic mass is 16.1. The van der Waals surface area contributed by atoms with Gasteiger partial charge in [-0.2, -0.15) is 0 Å². The van der Waals surface area contributed by atoms with Gasteiger partial charge >= 0.3 is 0 Å². The van der Waals surface area contributed by atoms with E-state index < -0.39 is 0 Å². The second-order valence-corrected chi connectivity index (χ2v) is 9.05. The van der Waals surface area contributed by atoms with Gasteiger partial charge in [0.1, 0.15) is 5.78 Å². The third kappa shape index (κ3) is 1.81. The lowest BCUT2D eigenvalue weighted by Gasteiger charge is -2.59. The van der Waals surface area contributed by atoms with E-state index in [0.29, 0.717) is 22.5 Å². The molecule has 0 aliphatic heterocycles. The Hall–Kier alpha value is -0.810. The first-order chi connectivity index (χ1) is 10.5. The van der Waals surface area contributed by atoms with Crippen LogP contribution < -0.4 is 0 Å². The summed E-state index contributed by atoms with van der Waals surface area (Å²) < 4.78 is 0. The van der Waals surface area contributed by atoms with Gasteiger partial charge in [-0.05, 0) is 85.0 Å². The van der Waals surface area contributed by atoms with Crippen LogP contribution in [0.5, 0.6) is 0 Å². The zero-order valence-corrected chi connectivity index (χ0v) is 14.3. The van der Waals surface area contributed by atoms with Gasteiger partial charge in [0.25, 0.3) is 0 Å². The fourth-order valence-corrected chi connectivity index (χ4v) is 7.15. The highest BCUT2D eigenvalue weighted by Gasteiger charge is 2.58. The van der Waals surface area contributed by atoms with Crippen LogP contribution in [0, 0.1) is 34.5 Å². The summed E-state index contributed by atoms with van der Waals surface area (Å²) >= 11 is 0. The molecule has 1 heteroatoms. The van der Waals surface area contributed by atoms with Crippen molar-refractivity contribution in [2.24, 2.45) is 34.5 Å². The van der Waals surface area contributed by atoms with Gasteiger partial charge in [-0.3, -0.25) is 4.79 Å². The minimum atomic E-state index is 0.386. The van der Waals surface area contributed by atoms with Crippen molar-refractivity contribution in [2.45, 2.75) is 71.6 Å². The van der Waals surface area contributed by atoms with Gasteiger partial charge in [0.05, 0.1) is 0 Å². The summed E-state index contributed by atoms with van der Waals surface area (Å²) in [6, 6.07) is 0. The average Bonchev–Trinajstić information content (AvgIpc) is 2.84. The molecule has 120 valence electrons. The number of ketones is 1. The van der Waals surface area contributed by atoms with E-state index >= 15 is 0 Å². The zero-order chi connectivity index (χ0) is 15.5. The molecule has 0 radical (unpaired) electrons. The van der Waals surface area contributed by atoms with Gasteiger partial charge in [-0.1, -0.05) is 20.4 Å². The fourth-order valence-electron chi connectivity index (χ4n) is 7.15. The van der Waals surface area contributed by atoms with Crippen molar-refractivity contribution in [2.75, 3.05) is 0 Å². The van der Waals surface area contributed by atoms with Gasteiger partial charge in [0.2, 0.25) is 0 Å². The quantitative estimate of drug-likeness (QED) is 0.554. The summed E-state index contributed by atoms with van der Waals surface area (Å²) in [5, 5.41) is 0. The summed E-state index contributed by atoms with van der Waals surface area (Å²) in [5.74, 6) is 3.81. The topological polar surface area (TPSA) is 17.1 Å². The number of Topliss-reactive ketones (excluding diaryl/α,β-unsaturated/α-hetero) is 1.